The van der Waals surface area contributed by atoms with Gasteiger partial charge in [0.15, 0.2) is 11.5 Å². The zero-order valence-corrected chi connectivity index (χ0v) is 28.1. The zero-order chi connectivity index (χ0) is 32.3. The Morgan fingerprint density at radius 2 is 1.76 bits per heavy atom. The minimum atomic E-state index is -0.356. The number of esters is 1. The Balaban J connectivity index is 1.19. The first-order valence-corrected chi connectivity index (χ1v) is 17.9. The zero-order valence-electron chi connectivity index (χ0n) is 28.1. The molecular formula is C39H52N2O5. The Labute approximate surface area is 275 Å². The molecule has 1 amide bonds. The van der Waals surface area contributed by atoms with Crippen molar-refractivity contribution in [1.82, 2.24) is 9.80 Å². The van der Waals surface area contributed by atoms with Crippen LogP contribution in [0.15, 0.2) is 42.5 Å². The predicted octanol–water partition coefficient (Wildman–Crippen LogP) is 6.82. The average Bonchev–Trinajstić information content (AvgIpc) is 3.39. The van der Waals surface area contributed by atoms with Crippen LogP contribution >= 0.6 is 0 Å². The number of aryl methyl sites for hydroxylation is 1. The van der Waals surface area contributed by atoms with Gasteiger partial charge in [-0.15, -0.1) is 0 Å². The number of likely N-dealkylation sites (tertiary alicyclic amines) is 1. The maximum atomic E-state index is 14.1. The Bertz CT molecular complexity index is 1410. The molecule has 2 aliphatic heterocycles. The molecule has 1 saturated carbocycles. The number of unbranched alkanes of at least 4 members (excludes halogenated alkanes) is 5. The van der Waals surface area contributed by atoms with E-state index in [0.29, 0.717) is 30.4 Å². The number of ether oxygens (including phenoxy) is 2. The van der Waals surface area contributed by atoms with Gasteiger partial charge >= 0.3 is 5.97 Å². The summed E-state index contributed by atoms with van der Waals surface area (Å²) >= 11 is 0. The number of ketones is 1. The van der Waals surface area contributed by atoms with Crippen LogP contribution in [0.25, 0.3) is 0 Å². The largest absolute Gasteiger partial charge is 0.483 e. The van der Waals surface area contributed by atoms with Crippen molar-refractivity contribution in [3.05, 3.63) is 59.2 Å². The Morgan fingerprint density at radius 3 is 2.52 bits per heavy atom. The fourth-order valence-electron chi connectivity index (χ4n) is 9.35. The quantitative estimate of drug-likeness (QED) is 0.122. The van der Waals surface area contributed by atoms with Crippen molar-refractivity contribution >= 4 is 17.7 Å². The van der Waals surface area contributed by atoms with Gasteiger partial charge in [0.05, 0.1) is 12.6 Å². The van der Waals surface area contributed by atoms with E-state index in [-0.39, 0.29) is 41.3 Å². The summed E-state index contributed by atoms with van der Waals surface area (Å²) < 4.78 is 12.7. The SMILES string of the molecule is CCCCN(C(=O)CCCCCCCc1ccccc1)[C@@H]1CC[C@H]2[C@H]3Cc4ccc(OC(C)=O)c5c4[C@@]2(CCN3CC(C)=O)[C@H]1O5. The van der Waals surface area contributed by atoms with Crippen molar-refractivity contribution in [3.8, 4) is 11.5 Å². The summed E-state index contributed by atoms with van der Waals surface area (Å²) in [7, 11) is 0. The summed E-state index contributed by atoms with van der Waals surface area (Å²) in [4.78, 5) is 43.0. The average molecular weight is 629 g/mol. The lowest BCUT2D eigenvalue weighted by Gasteiger charge is -2.60. The van der Waals surface area contributed by atoms with Gasteiger partial charge in [0, 0.05) is 36.9 Å². The fraction of sp³-hybridized carbons (Fsp3) is 0.615. The van der Waals surface area contributed by atoms with E-state index in [2.05, 4.69) is 53.1 Å². The summed E-state index contributed by atoms with van der Waals surface area (Å²) in [5, 5.41) is 0. The highest BCUT2D eigenvalue weighted by molar-refractivity contribution is 5.78. The minimum absolute atomic E-state index is 0.0234. The lowest BCUT2D eigenvalue weighted by molar-refractivity contribution is -0.143. The monoisotopic (exact) mass is 628 g/mol. The van der Waals surface area contributed by atoms with Crippen molar-refractivity contribution in [2.45, 2.75) is 128 Å². The van der Waals surface area contributed by atoms with Crippen molar-refractivity contribution in [1.29, 1.82) is 0 Å². The van der Waals surface area contributed by atoms with E-state index < -0.39 is 0 Å². The summed E-state index contributed by atoms with van der Waals surface area (Å²) in [6.45, 7) is 7.36. The minimum Gasteiger partial charge on any atom is -0.483 e. The molecule has 6 rings (SSSR count). The van der Waals surface area contributed by atoms with Crippen LogP contribution in [0.4, 0.5) is 0 Å². The first kappa shape index (κ1) is 32.7. The summed E-state index contributed by atoms with van der Waals surface area (Å²) in [5.41, 5.74) is 3.60. The number of hydrogen-bond donors (Lipinski definition) is 0. The van der Waals surface area contributed by atoms with Gasteiger partial charge in [-0.2, -0.15) is 0 Å². The van der Waals surface area contributed by atoms with E-state index in [0.717, 1.165) is 77.3 Å². The van der Waals surface area contributed by atoms with E-state index in [1.807, 2.05) is 6.07 Å². The van der Waals surface area contributed by atoms with E-state index >= 15 is 0 Å². The molecule has 7 nitrogen and oxygen atoms in total. The van der Waals surface area contributed by atoms with Crippen molar-refractivity contribution in [2.24, 2.45) is 5.92 Å². The molecule has 0 N–H and O–H groups in total. The maximum absolute atomic E-state index is 14.1. The van der Waals surface area contributed by atoms with Crippen LogP contribution < -0.4 is 9.47 Å². The summed E-state index contributed by atoms with van der Waals surface area (Å²) in [5.74, 6) is 1.64. The number of piperidine rings is 1. The third-order valence-corrected chi connectivity index (χ3v) is 11.2. The van der Waals surface area contributed by atoms with Gasteiger partial charge in [-0.25, -0.2) is 0 Å². The highest BCUT2D eigenvalue weighted by Gasteiger charge is 2.66. The number of carbonyl (C=O) groups is 3. The third kappa shape index (κ3) is 6.36. The molecule has 7 heteroatoms. The number of carbonyl (C=O) groups excluding carboxylic acids is 3. The number of benzene rings is 2. The van der Waals surface area contributed by atoms with E-state index in [9.17, 15) is 14.4 Å². The Hall–Kier alpha value is -3.19. The van der Waals surface area contributed by atoms with Crippen LogP contribution in [0, 0.1) is 5.92 Å². The lowest BCUT2D eigenvalue weighted by Crippen LogP contribution is -2.69. The maximum Gasteiger partial charge on any atom is 0.308 e. The van der Waals surface area contributed by atoms with Crippen LogP contribution in [0.1, 0.15) is 108 Å². The molecule has 2 heterocycles. The van der Waals surface area contributed by atoms with E-state index in [1.54, 1.807) is 6.92 Å². The number of rotatable bonds is 15. The van der Waals surface area contributed by atoms with Crippen LogP contribution in [0.2, 0.25) is 0 Å². The Morgan fingerprint density at radius 1 is 0.978 bits per heavy atom. The van der Waals surface area contributed by atoms with Gasteiger partial charge in [-0.05, 0) is 87.9 Å². The highest BCUT2D eigenvalue weighted by atomic mass is 16.6. The van der Waals surface area contributed by atoms with Crippen molar-refractivity contribution < 1.29 is 23.9 Å². The number of Topliss-reactive ketones (excluding diaryl/α,β-unsaturated/α-hetero) is 1. The highest BCUT2D eigenvalue weighted by Crippen LogP contribution is 2.64. The Kier molecular flexibility index (Phi) is 10.2. The van der Waals surface area contributed by atoms with Gasteiger partial charge in [-0.3, -0.25) is 19.3 Å². The lowest BCUT2D eigenvalue weighted by atomic mass is 9.51. The molecule has 1 saturated heterocycles. The van der Waals surface area contributed by atoms with Gasteiger partial charge < -0.3 is 14.4 Å². The smallest absolute Gasteiger partial charge is 0.308 e. The molecule has 0 aromatic heterocycles. The molecule has 0 unspecified atom stereocenters. The van der Waals surface area contributed by atoms with Crippen LogP contribution in [-0.4, -0.2) is 65.3 Å². The second kappa shape index (κ2) is 14.3. The molecule has 46 heavy (non-hydrogen) atoms. The summed E-state index contributed by atoms with van der Waals surface area (Å²) in [6, 6.07) is 14.9. The van der Waals surface area contributed by atoms with E-state index in [4.69, 9.17) is 9.47 Å². The van der Waals surface area contributed by atoms with Crippen LogP contribution in [-0.2, 0) is 32.6 Å². The molecule has 4 aliphatic rings. The molecule has 2 aromatic carbocycles. The van der Waals surface area contributed by atoms with Gasteiger partial charge in [-0.1, -0.05) is 69.0 Å². The predicted molar refractivity (Wildman–Crippen MR) is 179 cm³/mol. The van der Waals surface area contributed by atoms with E-state index in [1.165, 1.54) is 36.5 Å². The molecule has 1 spiro atoms. The molecule has 248 valence electrons. The molecule has 2 aromatic rings. The van der Waals surface area contributed by atoms with Crippen LogP contribution in [0.3, 0.4) is 0 Å². The second-order valence-corrected chi connectivity index (χ2v) is 14.2. The number of nitrogens with zero attached hydrogens (tertiary/aromatic N) is 2. The molecule has 2 aliphatic carbocycles. The molecule has 2 fully saturated rings. The van der Waals surface area contributed by atoms with Gasteiger partial charge in [0.25, 0.3) is 0 Å². The van der Waals surface area contributed by atoms with Crippen molar-refractivity contribution in [3.63, 3.8) is 0 Å². The normalized spacial score (nSPS) is 25.8. The van der Waals surface area contributed by atoms with Gasteiger partial charge in [0.1, 0.15) is 11.9 Å². The molecule has 0 radical (unpaired) electrons. The third-order valence-electron chi connectivity index (χ3n) is 11.2. The summed E-state index contributed by atoms with van der Waals surface area (Å²) in [6.07, 6.45) is 12.7. The van der Waals surface area contributed by atoms with Crippen LogP contribution in [0.5, 0.6) is 11.5 Å². The standard InChI is InChI=1S/C39H52N2O5/c1-4-5-23-41(35(44)17-13-8-6-7-10-14-29-15-11-9-12-16-29)32-20-19-31-33-25-30-18-21-34(45-28(3)43)37-36(30)39(31,38(32)46-37)22-24-40(33)26-27(2)42/h9,11-12,15-16,18,21,31-33,38H,4-8,10,13-14,17,19-20,22-26H2,1-3H3/t31-,32+,33+,38-,39-/m0/s1. The number of amides is 1. The molecule has 2 bridgehead atoms. The first-order chi connectivity index (χ1) is 22.3. The molecule has 5 atom stereocenters. The fourth-order valence-corrected chi connectivity index (χ4v) is 9.35. The van der Waals surface area contributed by atoms with Crippen molar-refractivity contribution in [2.75, 3.05) is 19.6 Å². The first-order valence-electron chi connectivity index (χ1n) is 17.9. The molecular weight excluding hydrogens is 576 g/mol. The van der Waals surface area contributed by atoms with Gasteiger partial charge in [0.2, 0.25) is 5.91 Å². The topological polar surface area (TPSA) is 76.2 Å². The second-order valence-electron chi connectivity index (χ2n) is 14.2. The number of hydrogen-bond acceptors (Lipinski definition) is 6.